The van der Waals surface area contributed by atoms with E-state index in [0.29, 0.717) is 56.0 Å². The van der Waals surface area contributed by atoms with Gasteiger partial charge < -0.3 is 9.47 Å². The first-order valence-corrected chi connectivity index (χ1v) is 16.6. The van der Waals surface area contributed by atoms with Gasteiger partial charge in [-0.3, -0.25) is 9.80 Å². The third kappa shape index (κ3) is 4.74. The van der Waals surface area contributed by atoms with Gasteiger partial charge in [0.15, 0.2) is 0 Å². The first-order chi connectivity index (χ1) is 16.9. The Balaban J connectivity index is 1.43. The fourth-order valence-corrected chi connectivity index (χ4v) is 13.2. The van der Waals surface area contributed by atoms with Gasteiger partial charge in [0.2, 0.25) is 0 Å². The van der Waals surface area contributed by atoms with Crippen LogP contribution >= 0.6 is 23.5 Å². The van der Waals surface area contributed by atoms with Crippen LogP contribution in [0.4, 0.5) is 0 Å². The number of thioether (sulfide) groups is 2. The van der Waals surface area contributed by atoms with E-state index < -0.39 is 0 Å². The Morgan fingerprint density at radius 2 is 0.972 bits per heavy atom. The van der Waals surface area contributed by atoms with Gasteiger partial charge in [-0.05, 0) is 75.3 Å². The number of nitrogens with zero attached hydrogens (tertiary/aromatic N) is 2. The van der Waals surface area contributed by atoms with Crippen LogP contribution in [0, 0.1) is 22.7 Å². The van der Waals surface area contributed by atoms with Crippen molar-refractivity contribution in [3.05, 3.63) is 0 Å². The summed E-state index contributed by atoms with van der Waals surface area (Å²) in [5, 5.41) is 2.35. The molecule has 5 rings (SSSR count). The predicted octanol–water partition coefficient (Wildman–Crippen LogP) is 6.03. The summed E-state index contributed by atoms with van der Waals surface area (Å²) in [7, 11) is 8.81. The van der Waals surface area contributed by atoms with Gasteiger partial charge in [-0.2, -0.15) is 0 Å². The van der Waals surface area contributed by atoms with Crippen LogP contribution < -0.4 is 0 Å². The van der Waals surface area contributed by atoms with Crippen molar-refractivity contribution in [2.45, 2.75) is 137 Å². The maximum absolute atomic E-state index is 6.51. The number of methoxy groups -OCH3 is 2. The van der Waals surface area contributed by atoms with E-state index in [1.165, 1.54) is 38.5 Å². The van der Waals surface area contributed by atoms with E-state index in [9.17, 15) is 0 Å². The SMILES string of the molecule is COC1C2SC3CC(C(C)(C)C)CCC3N(C)C2C(OC)C2SC3CC(C(C)(C)C)CCC3N(C)C12. The second-order valence-corrected chi connectivity index (χ2v) is 17.7. The van der Waals surface area contributed by atoms with E-state index in [1.54, 1.807) is 0 Å². The number of hydrogen-bond donors (Lipinski definition) is 0. The van der Waals surface area contributed by atoms with E-state index in [4.69, 9.17) is 9.47 Å². The van der Waals surface area contributed by atoms with Crippen LogP contribution in [-0.4, -0.2) is 95.5 Å². The normalized spacial score (nSPS) is 48.5. The summed E-state index contributed by atoms with van der Waals surface area (Å²) in [5.74, 6) is 1.64. The average molecular weight is 539 g/mol. The third-order valence-electron chi connectivity index (χ3n) is 11.2. The van der Waals surface area contributed by atoms with E-state index in [2.05, 4.69) is 89.0 Å². The standard InChI is InChI=1S/C30H54N2O2S2/c1-29(2,3)17-11-13-19-21(15-17)35-27-23(31(19)7)26(34-10)28-24(25(27)33-9)32(8)20-14-12-18(30(4,5)6)16-22(20)36-28/h17-28H,11-16H2,1-10H3. The molecule has 5 aliphatic rings. The molecule has 0 radical (unpaired) electrons. The van der Waals surface area contributed by atoms with Gasteiger partial charge in [-0.1, -0.05) is 41.5 Å². The molecular weight excluding hydrogens is 484 g/mol. The molecule has 2 saturated heterocycles. The smallest absolute Gasteiger partial charge is 0.0872 e. The maximum Gasteiger partial charge on any atom is 0.0872 e. The van der Waals surface area contributed by atoms with Crippen LogP contribution in [0.2, 0.25) is 0 Å². The first kappa shape index (κ1) is 28.1. The average Bonchev–Trinajstić information content (AvgIpc) is 2.81. The quantitative estimate of drug-likeness (QED) is 0.426. The van der Waals surface area contributed by atoms with E-state index >= 15 is 0 Å². The Morgan fingerprint density at radius 3 is 1.28 bits per heavy atom. The molecule has 0 spiro atoms. The van der Waals surface area contributed by atoms with Gasteiger partial charge in [0.25, 0.3) is 0 Å². The molecule has 0 aromatic rings. The molecule has 36 heavy (non-hydrogen) atoms. The van der Waals surface area contributed by atoms with Crippen molar-refractivity contribution in [2.75, 3.05) is 28.3 Å². The highest BCUT2D eigenvalue weighted by molar-refractivity contribution is 8.01. The van der Waals surface area contributed by atoms with Crippen LogP contribution in [0.3, 0.4) is 0 Å². The number of hydrogen-bond acceptors (Lipinski definition) is 6. The van der Waals surface area contributed by atoms with Crippen LogP contribution in [0.5, 0.6) is 0 Å². The molecule has 12 unspecified atom stereocenters. The molecule has 4 nitrogen and oxygen atoms in total. The molecule has 6 heteroatoms. The molecule has 2 aliphatic heterocycles. The molecule has 0 amide bonds. The van der Waals surface area contributed by atoms with Gasteiger partial charge in [-0.25, -0.2) is 0 Å². The Kier molecular flexibility index (Phi) is 7.94. The van der Waals surface area contributed by atoms with E-state index in [0.717, 1.165) is 11.8 Å². The fraction of sp³-hybridized carbons (Fsp3) is 1.00. The maximum atomic E-state index is 6.51. The minimum atomic E-state index is 0.258. The Morgan fingerprint density at radius 1 is 0.611 bits per heavy atom. The monoisotopic (exact) mass is 538 g/mol. The van der Waals surface area contributed by atoms with Crippen molar-refractivity contribution in [3.8, 4) is 0 Å². The summed E-state index contributed by atoms with van der Waals surface area (Å²) in [6.07, 6.45) is 8.58. The predicted molar refractivity (Wildman–Crippen MR) is 156 cm³/mol. The topological polar surface area (TPSA) is 24.9 Å². The van der Waals surface area contributed by atoms with Gasteiger partial charge in [0.1, 0.15) is 0 Å². The largest absolute Gasteiger partial charge is 0.379 e. The highest BCUT2D eigenvalue weighted by Gasteiger charge is 2.62. The second kappa shape index (κ2) is 10.2. The third-order valence-corrected chi connectivity index (χ3v) is 14.6. The van der Waals surface area contributed by atoms with Crippen LogP contribution in [0.15, 0.2) is 0 Å². The molecular formula is C30H54N2O2S2. The van der Waals surface area contributed by atoms with E-state index in [1.807, 2.05) is 14.2 Å². The minimum Gasteiger partial charge on any atom is -0.379 e. The molecule has 0 N–H and O–H groups in total. The molecule has 3 aliphatic carbocycles. The van der Waals surface area contributed by atoms with Crippen molar-refractivity contribution in [1.82, 2.24) is 9.80 Å². The zero-order chi connectivity index (χ0) is 26.2. The van der Waals surface area contributed by atoms with E-state index in [-0.39, 0.29) is 12.2 Å². The van der Waals surface area contributed by atoms with Gasteiger partial charge >= 0.3 is 0 Å². The highest BCUT2D eigenvalue weighted by atomic mass is 32.2. The van der Waals surface area contributed by atoms with Crippen LogP contribution in [0.1, 0.15) is 80.1 Å². The summed E-state index contributed by atoms with van der Waals surface area (Å²) >= 11 is 4.57. The lowest BCUT2D eigenvalue weighted by atomic mass is 9.69. The summed E-state index contributed by atoms with van der Waals surface area (Å²) in [4.78, 5) is 5.54. The lowest BCUT2D eigenvalue weighted by molar-refractivity contribution is -0.106. The summed E-state index contributed by atoms with van der Waals surface area (Å²) < 4.78 is 13.0. The number of ether oxygens (including phenoxy) is 2. The Hall–Kier alpha value is 0.540. The van der Waals surface area contributed by atoms with Crippen LogP contribution in [-0.2, 0) is 9.47 Å². The van der Waals surface area contributed by atoms with Crippen molar-refractivity contribution in [1.29, 1.82) is 0 Å². The molecule has 2 heterocycles. The molecule has 3 saturated carbocycles. The lowest BCUT2D eigenvalue weighted by Gasteiger charge is -2.64. The van der Waals surface area contributed by atoms with Gasteiger partial charge in [-0.15, -0.1) is 23.5 Å². The summed E-state index contributed by atoms with van der Waals surface area (Å²) in [5.41, 5.74) is 0.797. The van der Waals surface area contributed by atoms with Crippen molar-refractivity contribution in [2.24, 2.45) is 22.7 Å². The zero-order valence-corrected chi connectivity index (χ0v) is 26.3. The van der Waals surface area contributed by atoms with Crippen molar-refractivity contribution >= 4 is 23.5 Å². The molecule has 0 bridgehead atoms. The molecule has 0 aromatic heterocycles. The lowest BCUT2D eigenvalue weighted by Crippen LogP contribution is -2.76. The van der Waals surface area contributed by atoms with Crippen molar-refractivity contribution in [3.63, 3.8) is 0 Å². The highest BCUT2D eigenvalue weighted by Crippen LogP contribution is 2.56. The minimum absolute atomic E-state index is 0.258. The molecule has 0 aromatic carbocycles. The second-order valence-electron chi connectivity index (χ2n) is 14.9. The summed E-state index contributed by atoms with van der Waals surface area (Å²) in [6, 6.07) is 2.19. The molecule has 208 valence electrons. The molecule has 5 fully saturated rings. The van der Waals surface area contributed by atoms with Gasteiger partial charge in [0.05, 0.1) is 34.8 Å². The van der Waals surface area contributed by atoms with Crippen molar-refractivity contribution < 1.29 is 9.47 Å². The summed E-state index contributed by atoms with van der Waals surface area (Å²) in [6.45, 7) is 14.7. The van der Waals surface area contributed by atoms with Crippen LogP contribution in [0.25, 0.3) is 0 Å². The first-order valence-electron chi connectivity index (χ1n) is 14.7. The Labute approximate surface area is 230 Å². The molecule has 12 atom stereocenters. The van der Waals surface area contributed by atoms with Gasteiger partial charge in [0, 0.05) is 36.8 Å². The number of fused-ring (bicyclic) bond motifs is 4. The fourth-order valence-electron chi connectivity index (χ4n) is 8.81. The number of likely N-dealkylation sites (N-methyl/N-ethyl adjacent to an activating group) is 2. The zero-order valence-electron chi connectivity index (χ0n) is 24.7. The Bertz CT molecular complexity index is 718. The number of rotatable bonds is 2.